The van der Waals surface area contributed by atoms with Gasteiger partial charge in [-0.25, -0.2) is 4.98 Å². The van der Waals surface area contributed by atoms with Crippen molar-refractivity contribution >= 4 is 5.82 Å². The van der Waals surface area contributed by atoms with Gasteiger partial charge in [0, 0.05) is 6.20 Å². The third-order valence-corrected chi connectivity index (χ3v) is 1.69. The lowest BCUT2D eigenvalue weighted by Crippen LogP contribution is -2.10. The van der Waals surface area contributed by atoms with Crippen LogP contribution in [0.3, 0.4) is 0 Å². The van der Waals surface area contributed by atoms with Crippen LogP contribution in [0.5, 0.6) is 0 Å². The molecule has 1 aromatic heterocycles. The summed E-state index contributed by atoms with van der Waals surface area (Å²) in [7, 11) is 0. The molecule has 0 fully saturated rings. The zero-order valence-corrected chi connectivity index (χ0v) is 7.02. The van der Waals surface area contributed by atoms with Crippen LogP contribution in [0.4, 0.5) is 19.0 Å². The molecule has 1 aromatic rings. The molecular weight excluding hydrogens is 181 g/mol. The number of hydrogen-bond acceptors (Lipinski definition) is 2. The number of pyridine rings is 1. The first-order valence-electron chi connectivity index (χ1n) is 3.76. The second-order valence-electron chi connectivity index (χ2n) is 2.63. The first-order chi connectivity index (χ1) is 5.95. The van der Waals surface area contributed by atoms with Gasteiger partial charge in [0.15, 0.2) is 0 Å². The molecule has 0 amide bonds. The van der Waals surface area contributed by atoms with E-state index in [-0.39, 0.29) is 0 Å². The van der Waals surface area contributed by atoms with Crippen LogP contribution in [0.1, 0.15) is 18.1 Å². The Labute approximate surface area is 73.6 Å². The lowest BCUT2D eigenvalue weighted by atomic mass is 10.1. The number of nitrogens with two attached hydrogens (primary N) is 1. The topological polar surface area (TPSA) is 38.9 Å². The fourth-order valence-electron chi connectivity index (χ4n) is 0.939. The molecule has 5 heteroatoms. The molecule has 0 radical (unpaired) electrons. The molecule has 0 saturated heterocycles. The van der Waals surface area contributed by atoms with Crippen molar-refractivity contribution in [1.29, 1.82) is 0 Å². The van der Waals surface area contributed by atoms with Crippen LogP contribution in [0.25, 0.3) is 0 Å². The highest BCUT2D eigenvalue weighted by Crippen LogP contribution is 2.32. The average molecular weight is 190 g/mol. The Hall–Kier alpha value is -1.26. The Kier molecular flexibility index (Phi) is 2.45. The molecule has 72 valence electrons. The first-order valence-corrected chi connectivity index (χ1v) is 3.76. The van der Waals surface area contributed by atoms with Crippen LogP contribution in [0.15, 0.2) is 12.3 Å². The Morgan fingerprint density at radius 2 is 2.08 bits per heavy atom. The number of aryl methyl sites for hydroxylation is 1. The number of aromatic nitrogens is 1. The summed E-state index contributed by atoms with van der Waals surface area (Å²) in [6, 6.07) is 1.03. The number of rotatable bonds is 1. The molecule has 1 rings (SSSR count). The molecule has 0 aliphatic rings. The van der Waals surface area contributed by atoms with E-state index in [1.807, 2.05) is 0 Å². The molecule has 0 saturated carbocycles. The van der Waals surface area contributed by atoms with E-state index < -0.39 is 17.6 Å². The Bertz CT molecular complexity index is 307. The van der Waals surface area contributed by atoms with E-state index in [9.17, 15) is 13.2 Å². The van der Waals surface area contributed by atoms with Crippen molar-refractivity contribution in [2.75, 3.05) is 5.73 Å². The van der Waals surface area contributed by atoms with E-state index in [4.69, 9.17) is 5.73 Å². The van der Waals surface area contributed by atoms with Gasteiger partial charge >= 0.3 is 6.18 Å². The van der Waals surface area contributed by atoms with Gasteiger partial charge in [-0.2, -0.15) is 13.2 Å². The van der Waals surface area contributed by atoms with Gasteiger partial charge in [-0.15, -0.1) is 0 Å². The maximum absolute atomic E-state index is 12.2. The minimum atomic E-state index is -4.41. The predicted molar refractivity (Wildman–Crippen MR) is 43.0 cm³/mol. The fraction of sp³-hybridized carbons (Fsp3) is 0.375. The second kappa shape index (κ2) is 3.24. The summed E-state index contributed by atoms with van der Waals surface area (Å²) >= 11 is 0. The average Bonchev–Trinajstić information content (AvgIpc) is 2.03. The Morgan fingerprint density at radius 1 is 1.46 bits per heavy atom. The fourth-order valence-corrected chi connectivity index (χ4v) is 0.939. The van der Waals surface area contributed by atoms with Crippen LogP contribution in [-0.2, 0) is 12.6 Å². The summed E-state index contributed by atoms with van der Waals surface area (Å²) in [5, 5.41) is 0. The highest BCUT2D eigenvalue weighted by Gasteiger charge is 2.33. The summed E-state index contributed by atoms with van der Waals surface area (Å²) in [5.41, 5.74) is 4.77. The molecule has 1 heterocycles. The van der Waals surface area contributed by atoms with Crippen molar-refractivity contribution in [3.63, 3.8) is 0 Å². The lowest BCUT2D eigenvalue weighted by molar-refractivity contribution is -0.137. The molecule has 0 aliphatic heterocycles. The number of anilines is 1. The number of halogens is 3. The van der Waals surface area contributed by atoms with Gasteiger partial charge in [0.25, 0.3) is 0 Å². The molecule has 0 atom stereocenters. The standard InChI is InChI=1S/C8H9F3N2/c1-2-5-3-6(8(9,10)11)7(12)13-4-5/h3-4H,2H2,1H3,(H2,12,13). The van der Waals surface area contributed by atoms with Gasteiger partial charge in [0.05, 0.1) is 5.56 Å². The third-order valence-electron chi connectivity index (χ3n) is 1.69. The second-order valence-corrected chi connectivity index (χ2v) is 2.63. The van der Waals surface area contributed by atoms with E-state index in [2.05, 4.69) is 4.98 Å². The van der Waals surface area contributed by atoms with Crippen molar-refractivity contribution in [2.24, 2.45) is 0 Å². The highest BCUT2D eigenvalue weighted by atomic mass is 19.4. The molecule has 2 N–H and O–H groups in total. The van der Waals surface area contributed by atoms with Crippen molar-refractivity contribution < 1.29 is 13.2 Å². The van der Waals surface area contributed by atoms with Crippen molar-refractivity contribution in [3.8, 4) is 0 Å². The summed E-state index contributed by atoms with van der Waals surface area (Å²) in [4.78, 5) is 3.47. The van der Waals surface area contributed by atoms with Gasteiger partial charge in [-0.3, -0.25) is 0 Å². The maximum atomic E-state index is 12.2. The quantitative estimate of drug-likeness (QED) is 0.737. The molecule has 0 bridgehead atoms. The lowest BCUT2D eigenvalue weighted by Gasteiger charge is -2.09. The molecule has 13 heavy (non-hydrogen) atoms. The summed E-state index contributed by atoms with van der Waals surface area (Å²) in [5.74, 6) is -0.468. The zero-order valence-electron chi connectivity index (χ0n) is 7.02. The van der Waals surface area contributed by atoms with Crippen LogP contribution in [-0.4, -0.2) is 4.98 Å². The predicted octanol–water partition coefficient (Wildman–Crippen LogP) is 2.25. The normalized spacial score (nSPS) is 11.7. The van der Waals surface area contributed by atoms with E-state index in [0.29, 0.717) is 12.0 Å². The minimum absolute atomic E-state index is 0.468. The van der Waals surface area contributed by atoms with Gasteiger partial charge in [-0.1, -0.05) is 6.92 Å². The third kappa shape index (κ3) is 2.11. The number of nitrogen functional groups attached to an aromatic ring is 1. The Morgan fingerprint density at radius 3 is 2.54 bits per heavy atom. The molecule has 2 nitrogen and oxygen atoms in total. The van der Waals surface area contributed by atoms with Crippen LogP contribution < -0.4 is 5.73 Å². The summed E-state index contributed by atoms with van der Waals surface area (Å²) < 4.78 is 36.7. The monoisotopic (exact) mass is 190 g/mol. The number of alkyl halides is 3. The molecule has 0 aromatic carbocycles. The first kappa shape index (κ1) is 9.83. The van der Waals surface area contributed by atoms with Gasteiger partial charge < -0.3 is 5.73 Å². The van der Waals surface area contributed by atoms with E-state index in [1.165, 1.54) is 6.20 Å². The van der Waals surface area contributed by atoms with Crippen LogP contribution in [0, 0.1) is 0 Å². The van der Waals surface area contributed by atoms with Crippen LogP contribution >= 0.6 is 0 Å². The van der Waals surface area contributed by atoms with Gasteiger partial charge in [-0.05, 0) is 18.1 Å². The van der Waals surface area contributed by atoms with Crippen LogP contribution in [0.2, 0.25) is 0 Å². The largest absolute Gasteiger partial charge is 0.419 e. The Balaban J connectivity index is 3.19. The minimum Gasteiger partial charge on any atom is -0.383 e. The maximum Gasteiger partial charge on any atom is 0.419 e. The van der Waals surface area contributed by atoms with E-state index >= 15 is 0 Å². The zero-order chi connectivity index (χ0) is 10.1. The van der Waals surface area contributed by atoms with E-state index in [0.717, 1.165) is 6.07 Å². The van der Waals surface area contributed by atoms with Crippen molar-refractivity contribution in [2.45, 2.75) is 19.5 Å². The molecule has 0 aliphatic carbocycles. The molecular formula is C8H9F3N2. The number of hydrogen-bond donors (Lipinski definition) is 1. The molecule has 0 spiro atoms. The molecule has 0 unspecified atom stereocenters. The SMILES string of the molecule is CCc1cnc(N)c(C(F)(F)F)c1. The smallest absolute Gasteiger partial charge is 0.383 e. The highest BCUT2D eigenvalue weighted by molar-refractivity contribution is 5.42. The van der Waals surface area contributed by atoms with E-state index in [1.54, 1.807) is 6.92 Å². The van der Waals surface area contributed by atoms with Gasteiger partial charge in [0.2, 0.25) is 0 Å². The number of nitrogens with zero attached hydrogens (tertiary/aromatic N) is 1. The summed E-state index contributed by atoms with van der Waals surface area (Å²) in [6.07, 6.45) is -2.55. The summed E-state index contributed by atoms with van der Waals surface area (Å²) in [6.45, 7) is 1.76. The van der Waals surface area contributed by atoms with Crippen molar-refractivity contribution in [3.05, 3.63) is 23.4 Å². The van der Waals surface area contributed by atoms with Gasteiger partial charge in [0.1, 0.15) is 5.82 Å². The van der Waals surface area contributed by atoms with Crippen molar-refractivity contribution in [1.82, 2.24) is 4.98 Å².